The zero-order valence-electron chi connectivity index (χ0n) is 14.2. The topological polar surface area (TPSA) is 29.3 Å². The van der Waals surface area contributed by atoms with Crippen LogP contribution in [-0.2, 0) is 0 Å². The molecule has 2 nitrogen and oxygen atoms in total. The maximum absolute atomic E-state index is 5.96. The van der Waals surface area contributed by atoms with Gasteiger partial charge < -0.3 is 10.6 Å². The van der Waals surface area contributed by atoms with Crippen LogP contribution in [0.4, 0.5) is 0 Å². The lowest BCUT2D eigenvalue weighted by Crippen LogP contribution is -2.49. The molecule has 1 aliphatic carbocycles. The van der Waals surface area contributed by atoms with Crippen molar-refractivity contribution in [3.05, 3.63) is 0 Å². The van der Waals surface area contributed by atoms with E-state index in [2.05, 4.69) is 32.6 Å². The van der Waals surface area contributed by atoms with Gasteiger partial charge in [-0.2, -0.15) is 0 Å². The quantitative estimate of drug-likeness (QED) is 0.846. The standard InChI is InChI=1S/C18H36N2/c1-5-18(3,4)16-6-8-17(9-7-16)20-11-10-14(2)15(12-19)13-20/h14-17H,5-13,19H2,1-4H3. The van der Waals surface area contributed by atoms with E-state index in [1.165, 1.54) is 51.6 Å². The van der Waals surface area contributed by atoms with E-state index in [0.29, 0.717) is 5.41 Å². The molecule has 2 N–H and O–H groups in total. The molecule has 1 heterocycles. The molecule has 0 amide bonds. The van der Waals surface area contributed by atoms with Crippen molar-refractivity contribution < 1.29 is 0 Å². The number of rotatable bonds is 4. The molecular weight excluding hydrogens is 244 g/mol. The minimum Gasteiger partial charge on any atom is -0.330 e. The minimum atomic E-state index is 0.543. The van der Waals surface area contributed by atoms with Crippen molar-refractivity contribution >= 4 is 0 Å². The number of hydrogen-bond donors (Lipinski definition) is 1. The molecule has 118 valence electrons. The first-order chi connectivity index (χ1) is 9.47. The highest BCUT2D eigenvalue weighted by molar-refractivity contribution is 4.89. The summed E-state index contributed by atoms with van der Waals surface area (Å²) in [5, 5.41) is 0. The predicted molar refractivity (Wildman–Crippen MR) is 87.7 cm³/mol. The second-order valence-electron chi connectivity index (χ2n) is 8.10. The Balaban J connectivity index is 1.85. The molecule has 2 rings (SSSR count). The molecule has 2 atom stereocenters. The van der Waals surface area contributed by atoms with Gasteiger partial charge in [-0.3, -0.25) is 0 Å². The average molecular weight is 280 g/mol. The van der Waals surface area contributed by atoms with Crippen molar-refractivity contribution in [2.45, 2.75) is 72.3 Å². The predicted octanol–water partition coefficient (Wildman–Crippen LogP) is 3.90. The third-order valence-corrected chi connectivity index (χ3v) is 6.68. The van der Waals surface area contributed by atoms with E-state index in [1.807, 2.05) is 0 Å². The Labute approximate surface area is 126 Å². The van der Waals surface area contributed by atoms with Crippen LogP contribution in [0.25, 0.3) is 0 Å². The molecule has 0 aromatic carbocycles. The SMILES string of the molecule is CCC(C)(C)C1CCC(N2CCC(C)C(CN)C2)CC1. The highest BCUT2D eigenvalue weighted by atomic mass is 15.2. The molecular formula is C18H36N2. The van der Waals surface area contributed by atoms with Crippen LogP contribution < -0.4 is 5.73 Å². The summed E-state index contributed by atoms with van der Waals surface area (Å²) >= 11 is 0. The molecule has 0 aromatic rings. The van der Waals surface area contributed by atoms with Crippen molar-refractivity contribution in [2.24, 2.45) is 28.9 Å². The maximum atomic E-state index is 5.96. The van der Waals surface area contributed by atoms with Crippen LogP contribution in [0.15, 0.2) is 0 Å². The third kappa shape index (κ3) is 3.57. The number of piperidine rings is 1. The molecule has 0 bridgehead atoms. The number of hydrogen-bond acceptors (Lipinski definition) is 2. The van der Waals surface area contributed by atoms with Crippen molar-refractivity contribution in [3.63, 3.8) is 0 Å². The highest BCUT2D eigenvalue weighted by Gasteiger charge is 2.35. The van der Waals surface area contributed by atoms with E-state index in [0.717, 1.165) is 30.3 Å². The fraction of sp³-hybridized carbons (Fsp3) is 1.00. The smallest absolute Gasteiger partial charge is 0.00955 e. The Morgan fingerprint density at radius 2 is 1.75 bits per heavy atom. The van der Waals surface area contributed by atoms with Gasteiger partial charge in [0, 0.05) is 12.6 Å². The zero-order chi connectivity index (χ0) is 14.8. The van der Waals surface area contributed by atoms with Gasteiger partial charge in [-0.05, 0) is 68.4 Å². The van der Waals surface area contributed by atoms with E-state index in [9.17, 15) is 0 Å². The molecule has 2 unspecified atom stereocenters. The molecule has 0 aromatic heterocycles. The third-order valence-electron chi connectivity index (χ3n) is 6.68. The van der Waals surface area contributed by atoms with Gasteiger partial charge in [0.15, 0.2) is 0 Å². The summed E-state index contributed by atoms with van der Waals surface area (Å²) in [7, 11) is 0. The largest absolute Gasteiger partial charge is 0.330 e. The monoisotopic (exact) mass is 280 g/mol. The second-order valence-corrected chi connectivity index (χ2v) is 8.10. The fourth-order valence-corrected chi connectivity index (χ4v) is 4.33. The van der Waals surface area contributed by atoms with Crippen LogP contribution >= 0.6 is 0 Å². The lowest BCUT2D eigenvalue weighted by atomic mass is 9.68. The molecule has 2 heteroatoms. The Hall–Kier alpha value is -0.0800. The Bertz CT molecular complexity index is 292. The van der Waals surface area contributed by atoms with Crippen molar-refractivity contribution in [2.75, 3.05) is 19.6 Å². The summed E-state index contributed by atoms with van der Waals surface area (Å²) in [4.78, 5) is 2.77. The van der Waals surface area contributed by atoms with E-state index in [4.69, 9.17) is 5.73 Å². The maximum Gasteiger partial charge on any atom is 0.00955 e. The van der Waals surface area contributed by atoms with Gasteiger partial charge >= 0.3 is 0 Å². The van der Waals surface area contributed by atoms with Crippen LogP contribution in [0.1, 0.15) is 66.2 Å². The van der Waals surface area contributed by atoms with Crippen molar-refractivity contribution in [1.29, 1.82) is 0 Å². The highest BCUT2D eigenvalue weighted by Crippen LogP contribution is 2.42. The lowest BCUT2D eigenvalue weighted by molar-refractivity contribution is 0.0442. The van der Waals surface area contributed by atoms with Crippen molar-refractivity contribution in [1.82, 2.24) is 4.90 Å². The summed E-state index contributed by atoms with van der Waals surface area (Å²) < 4.78 is 0. The van der Waals surface area contributed by atoms with E-state index in [1.54, 1.807) is 0 Å². The van der Waals surface area contributed by atoms with Crippen LogP contribution in [0, 0.1) is 23.2 Å². The molecule has 20 heavy (non-hydrogen) atoms. The Morgan fingerprint density at radius 1 is 1.10 bits per heavy atom. The van der Waals surface area contributed by atoms with Gasteiger partial charge in [0.2, 0.25) is 0 Å². The van der Waals surface area contributed by atoms with E-state index in [-0.39, 0.29) is 0 Å². The summed E-state index contributed by atoms with van der Waals surface area (Å²) in [5.74, 6) is 2.50. The first-order valence-electron chi connectivity index (χ1n) is 8.92. The molecule has 1 saturated carbocycles. The molecule has 2 fully saturated rings. The number of nitrogens with two attached hydrogens (primary N) is 1. The lowest BCUT2D eigenvalue weighted by Gasteiger charge is -2.45. The van der Waals surface area contributed by atoms with Gasteiger partial charge in [0.1, 0.15) is 0 Å². The van der Waals surface area contributed by atoms with Crippen molar-refractivity contribution in [3.8, 4) is 0 Å². The van der Waals surface area contributed by atoms with Gasteiger partial charge in [0.25, 0.3) is 0 Å². The normalized spacial score (nSPS) is 37.0. The summed E-state index contributed by atoms with van der Waals surface area (Å²) in [5.41, 5.74) is 6.50. The zero-order valence-corrected chi connectivity index (χ0v) is 14.2. The molecule has 2 aliphatic rings. The number of likely N-dealkylation sites (tertiary alicyclic amines) is 1. The molecule has 0 radical (unpaired) electrons. The summed E-state index contributed by atoms with van der Waals surface area (Å²) in [6, 6.07) is 0.848. The van der Waals surface area contributed by atoms with Gasteiger partial charge in [-0.1, -0.05) is 34.1 Å². The van der Waals surface area contributed by atoms with Gasteiger partial charge in [-0.15, -0.1) is 0 Å². The molecule has 1 saturated heterocycles. The minimum absolute atomic E-state index is 0.543. The number of nitrogens with zero attached hydrogens (tertiary/aromatic N) is 1. The Morgan fingerprint density at radius 3 is 2.30 bits per heavy atom. The second kappa shape index (κ2) is 6.79. The Kier molecular flexibility index (Phi) is 5.53. The van der Waals surface area contributed by atoms with Crippen LogP contribution in [-0.4, -0.2) is 30.6 Å². The van der Waals surface area contributed by atoms with Crippen LogP contribution in [0.3, 0.4) is 0 Å². The summed E-state index contributed by atoms with van der Waals surface area (Å²) in [6.07, 6.45) is 8.37. The van der Waals surface area contributed by atoms with Gasteiger partial charge in [-0.25, -0.2) is 0 Å². The average Bonchev–Trinajstić information content (AvgIpc) is 2.48. The van der Waals surface area contributed by atoms with Crippen LogP contribution in [0.2, 0.25) is 0 Å². The molecule has 0 spiro atoms. The van der Waals surface area contributed by atoms with Gasteiger partial charge in [0.05, 0.1) is 0 Å². The molecule has 1 aliphatic heterocycles. The fourth-order valence-electron chi connectivity index (χ4n) is 4.33. The first kappa shape index (κ1) is 16.3. The van der Waals surface area contributed by atoms with E-state index >= 15 is 0 Å². The first-order valence-corrected chi connectivity index (χ1v) is 8.92. The summed E-state index contributed by atoms with van der Waals surface area (Å²) in [6.45, 7) is 13.1. The van der Waals surface area contributed by atoms with E-state index < -0.39 is 0 Å². The van der Waals surface area contributed by atoms with Crippen LogP contribution in [0.5, 0.6) is 0 Å².